The van der Waals surface area contributed by atoms with Gasteiger partial charge < -0.3 is 10.2 Å². The van der Waals surface area contributed by atoms with Crippen LogP contribution in [0.15, 0.2) is 23.1 Å². The lowest BCUT2D eigenvalue weighted by atomic mass is 9.98. The number of hydrogen-bond donors (Lipinski definition) is 1. The second kappa shape index (κ2) is 7.43. The predicted octanol–water partition coefficient (Wildman–Crippen LogP) is 3.84. The molecular formula is C16H22Cl2N2OS. The summed E-state index contributed by atoms with van der Waals surface area (Å²) in [7, 11) is 1.92. The van der Waals surface area contributed by atoms with Gasteiger partial charge in [-0.25, -0.2) is 0 Å². The first kappa shape index (κ1) is 17.9. The Labute approximate surface area is 147 Å². The monoisotopic (exact) mass is 360 g/mol. The van der Waals surface area contributed by atoms with Gasteiger partial charge in [-0.1, -0.05) is 11.6 Å². The molecule has 1 N–H and O–H groups in total. The van der Waals surface area contributed by atoms with Gasteiger partial charge in [0, 0.05) is 30.1 Å². The Morgan fingerprint density at radius 2 is 1.95 bits per heavy atom. The van der Waals surface area contributed by atoms with Crippen LogP contribution in [-0.2, 0) is 0 Å². The molecule has 2 atom stereocenters. The average molecular weight is 361 g/mol. The van der Waals surface area contributed by atoms with Crippen molar-refractivity contribution in [1.82, 2.24) is 10.2 Å². The van der Waals surface area contributed by atoms with Gasteiger partial charge in [0.05, 0.1) is 10.6 Å². The topological polar surface area (TPSA) is 32.3 Å². The Kier molecular flexibility index (Phi) is 6.06. The summed E-state index contributed by atoms with van der Waals surface area (Å²) in [6, 6.07) is 7.16. The second-order valence-corrected chi connectivity index (χ2v) is 7.31. The molecule has 2 bridgehead atoms. The molecule has 122 valence electrons. The number of thioether (sulfide) groups is 1. The Morgan fingerprint density at radius 1 is 1.32 bits per heavy atom. The molecule has 3 rings (SSSR count). The van der Waals surface area contributed by atoms with E-state index in [1.165, 1.54) is 12.8 Å². The third-order valence-electron chi connectivity index (χ3n) is 4.72. The van der Waals surface area contributed by atoms with Crippen molar-refractivity contribution in [2.24, 2.45) is 0 Å². The number of carbonyl (C=O) groups is 1. The van der Waals surface area contributed by atoms with Crippen LogP contribution in [0.1, 0.15) is 36.0 Å². The minimum Gasteiger partial charge on any atom is -0.339 e. The van der Waals surface area contributed by atoms with Gasteiger partial charge in [0.25, 0.3) is 5.91 Å². The molecule has 2 unspecified atom stereocenters. The zero-order valence-corrected chi connectivity index (χ0v) is 15.2. The molecule has 3 nitrogen and oxygen atoms in total. The fourth-order valence-electron chi connectivity index (χ4n) is 3.49. The first-order valence-corrected chi connectivity index (χ1v) is 9.05. The lowest BCUT2D eigenvalue weighted by Crippen LogP contribution is -2.48. The van der Waals surface area contributed by atoms with Crippen molar-refractivity contribution >= 4 is 41.7 Å². The maximum Gasteiger partial charge on any atom is 0.255 e. The number of nitrogens with zero attached hydrogens (tertiary/aromatic N) is 1. The lowest BCUT2D eigenvalue weighted by molar-refractivity contribution is 0.0681. The average Bonchev–Trinajstić information content (AvgIpc) is 2.84. The molecule has 2 heterocycles. The molecule has 2 saturated heterocycles. The molecule has 0 aromatic heterocycles. The normalized spacial score (nSPS) is 26.4. The van der Waals surface area contributed by atoms with Crippen LogP contribution >= 0.6 is 35.8 Å². The Morgan fingerprint density at radius 3 is 2.55 bits per heavy atom. The van der Waals surface area contributed by atoms with E-state index in [2.05, 4.69) is 5.32 Å². The standard InChI is InChI=1S/C16H21ClN2OS.ClH/c1-19(12-7-10-3-4-11(8-12)18-10)16(20)14-9-13(21-2)5-6-15(14)17;/h5-6,9-12,18H,3-4,7-8H2,1-2H3;1H. The summed E-state index contributed by atoms with van der Waals surface area (Å²) in [5.74, 6) is 0.0437. The summed E-state index contributed by atoms with van der Waals surface area (Å²) in [6.45, 7) is 0. The van der Waals surface area contributed by atoms with Crippen LogP contribution in [0.2, 0.25) is 5.02 Å². The fourth-order valence-corrected chi connectivity index (χ4v) is 4.13. The maximum atomic E-state index is 12.8. The minimum atomic E-state index is 0. The van der Waals surface area contributed by atoms with Gasteiger partial charge in [0.2, 0.25) is 0 Å². The van der Waals surface area contributed by atoms with E-state index in [0.717, 1.165) is 17.7 Å². The number of piperidine rings is 1. The summed E-state index contributed by atoms with van der Waals surface area (Å²) >= 11 is 7.86. The van der Waals surface area contributed by atoms with Gasteiger partial charge >= 0.3 is 0 Å². The van der Waals surface area contributed by atoms with Crippen molar-refractivity contribution in [3.05, 3.63) is 28.8 Å². The highest BCUT2D eigenvalue weighted by Gasteiger charge is 2.36. The quantitative estimate of drug-likeness (QED) is 0.831. The van der Waals surface area contributed by atoms with Crippen LogP contribution in [0.3, 0.4) is 0 Å². The largest absolute Gasteiger partial charge is 0.339 e. The highest BCUT2D eigenvalue weighted by atomic mass is 35.5. The smallest absolute Gasteiger partial charge is 0.255 e. The molecule has 2 aliphatic rings. The molecule has 0 spiro atoms. The lowest BCUT2D eigenvalue weighted by Gasteiger charge is -2.35. The van der Waals surface area contributed by atoms with Gasteiger partial charge in [-0.2, -0.15) is 0 Å². The summed E-state index contributed by atoms with van der Waals surface area (Å²) in [6.07, 6.45) is 6.60. The molecule has 0 radical (unpaired) electrons. The van der Waals surface area contributed by atoms with Crippen molar-refractivity contribution < 1.29 is 4.79 Å². The third-order valence-corrected chi connectivity index (χ3v) is 5.78. The molecule has 22 heavy (non-hydrogen) atoms. The van der Waals surface area contributed by atoms with Crippen LogP contribution in [0.4, 0.5) is 0 Å². The van der Waals surface area contributed by atoms with Gasteiger partial charge in [-0.15, -0.1) is 24.2 Å². The highest BCUT2D eigenvalue weighted by molar-refractivity contribution is 7.98. The molecule has 0 saturated carbocycles. The molecule has 1 aromatic carbocycles. The first-order chi connectivity index (χ1) is 10.1. The van der Waals surface area contributed by atoms with E-state index in [1.807, 2.05) is 36.4 Å². The maximum absolute atomic E-state index is 12.8. The third kappa shape index (κ3) is 3.56. The minimum absolute atomic E-state index is 0. The van der Waals surface area contributed by atoms with Crippen molar-refractivity contribution in [3.63, 3.8) is 0 Å². The second-order valence-electron chi connectivity index (χ2n) is 6.02. The zero-order valence-electron chi connectivity index (χ0n) is 12.8. The van der Waals surface area contributed by atoms with Crippen LogP contribution in [0.25, 0.3) is 0 Å². The van der Waals surface area contributed by atoms with Crippen LogP contribution in [0.5, 0.6) is 0 Å². The number of amides is 1. The summed E-state index contributed by atoms with van der Waals surface area (Å²) in [4.78, 5) is 15.7. The molecule has 1 amide bonds. The van der Waals surface area contributed by atoms with Crippen molar-refractivity contribution in [2.75, 3.05) is 13.3 Å². The van der Waals surface area contributed by atoms with E-state index in [1.54, 1.807) is 11.8 Å². The molecule has 2 fully saturated rings. The van der Waals surface area contributed by atoms with Crippen LogP contribution in [0, 0.1) is 0 Å². The van der Waals surface area contributed by atoms with E-state index in [9.17, 15) is 4.79 Å². The van der Waals surface area contributed by atoms with E-state index in [4.69, 9.17) is 11.6 Å². The number of carbonyl (C=O) groups excluding carboxylic acids is 1. The van der Waals surface area contributed by atoms with E-state index < -0.39 is 0 Å². The molecule has 2 aliphatic heterocycles. The van der Waals surface area contributed by atoms with Gasteiger partial charge in [0.15, 0.2) is 0 Å². The Bertz CT molecular complexity index is 543. The fraction of sp³-hybridized carbons (Fsp3) is 0.562. The van der Waals surface area contributed by atoms with E-state index >= 15 is 0 Å². The summed E-state index contributed by atoms with van der Waals surface area (Å²) in [5, 5.41) is 4.16. The molecule has 6 heteroatoms. The van der Waals surface area contributed by atoms with Crippen LogP contribution in [-0.4, -0.2) is 42.2 Å². The first-order valence-electron chi connectivity index (χ1n) is 7.45. The van der Waals surface area contributed by atoms with Crippen LogP contribution < -0.4 is 5.32 Å². The Balaban J connectivity index is 0.00000176. The van der Waals surface area contributed by atoms with Crippen molar-refractivity contribution in [3.8, 4) is 0 Å². The van der Waals surface area contributed by atoms with Crippen molar-refractivity contribution in [1.29, 1.82) is 0 Å². The number of hydrogen-bond acceptors (Lipinski definition) is 3. The molecule has 0 aliphatic carbocycles. The highest BCUT2D eigenvalue weighted by Crippen LogP contribution is 2.31. The van der Waals surface area contributed by atoms with Gasteiger partial charge in [-0.3, -0.25) is 4.79 Å². The van der Waals surface area contributed by atoms with Gasteiger partial charge in [-0.05, 0) is 50.1 Å². The van der Waals surface area contributed by atoms with Gasteiger partial charge in [0.1, 0.15) is 0 Å². The Hall–Kier alpha value is -0.420. The number of rotatable bonds is 3. The SMILES string of the molecule is CSc1ccc(Cl)c(C(=O)N(C)C2CC3CCC(C2)N3)c1.Cl. The number of halogens is 2. The number of fused-ring (bicyclic) bond motifs is 2. The molecular weight excluding hydrogens is 339 g/mol. The summed E-state index contributed by atoms with van der Waals surface area (Å²) < 4.78 is 0. The summed E-state index contributed by atoms with van der Waals surface area (Å²) in [5.41, 5.74) is 0.622. The number of nitrogens with one attached hydrogen (secondary N) is 1. The number of benzene rings is 1. The molecule has 1 aromatic rings. The van der Waals surface area contributed by atoms with E-state index in [0.29, 0.717) is 28.7 Å². The van der Waals surface area contributed by atoms with E-state index in [-0.39, 0.29) is 18.3 Å². The predicted molar refractivity (Wildman–Crippen MR) is 95.5 cm³/mol. The zero-order chi connectivity index (χ0) is 15.0. The van der Waals surface area contributed by atoms with Crippen molar-refractivity contribution in [2.45, 2.75) is 48.7 Å².